The second-order valence-electron chi connectivity index (χ2n) is 10.4. The number of nitrogens with one attached hydrogen (secondary N) is 3. The Morgan fingerprint density at radius 2 is 1.41 bits per heavy atom. The number of hydrogen-bond acceptors (Lipinski definition) is 5. The summed E-state index contributed by atoms with van der Waals surface area (Å²) in [5.74, 6) is -1.40. The fraction of sp³-hybridized carbons (Fsp3) is 0.355. The molecule has 3 aromatic rings. The van der Waals surface area contributed by atoms with Crippen molar-refractivity contribution in [1.82, 2.24) is 5.32 Å². The maximum absolute atomic E-state index is 13.6. The van der Waals surface area contributed by atoms with Crippen molar-refractivity contribution in [2.45, 2.75) is 38.1 Å². The number of rotatable bonds is 7. The molecule has 8 nitrogen and oxygen atoms in total. The molecule has 1 saturated carbocycles. The van der Waals surface area contributed by atoms with E-state index >= 15 is 0 Å². The summed E-state index contributed by atoms with van der Waals surface area (Å²) in [6.07, 6.45) is 5.27. The maximum Gasteiger partial charge on any atom is 0.323 e. The number of piperazine rings is 1. The molecule has 5 rings (SSSR count). The summed E-state index contributed by atoms with van der Waals surface area (Å²) in [7, 11) is 1.67. The van der Waals surface area contributed by atoms with Crippen molar-refractivity contribution >= 4 is 34.7 Å². The summed E-state index contributed by atoms with van der Waals surface area (Å²) in [5.41, 5.74) is 2.84. The van der Waals surface area contributed by atoms with Gasteiger partial charge in [0.05, 0.1) is 18.4 Å². The number of urea groups is 1. The highest BCUT2D eigenvalue weighted by Crippen LogP contribution is 2.31. The molecule has 0 aromatic heterocycles. The van der Waals surface area contributed by atoms with E-state index in [9.17, 15) is 18.4 Å². The Morgan fingerprint density at radius 1 is 0.780 bits per heavy atom. The van der Waals surface area contributed by atoms with Crippen molar-refractivity contribution in [3.8, 4) is 5.75 Å². The van der Waals surface area contributed by atoms with Crippen molar-refractivity contribution in [1.29, 1.82) is 0 Å². The second-order valence-corrected chi connectivity index (χ2v) is 10.4. The predicted molar refractivity (Wildman–Crippen MR) is 157 cm³/mol. The van der Waals surface area contributed by atoms with Gasteiger partial charge in [-0.2, -0.15) is 0 Å². The number of amides is 3. The van der Waals surface area contributed by atoms with Gasteiger partial charge in [0, 0.05) is 55.3 Å². The van der Waals surface area contributed by atoms with Crippen LogP contribution in [-0.4, -0.2) is 51.3 Å². The third-order valence-corrected chi connectivity index (χ3v) is 7.66. The summed E-state index contributed by atoms with van der Waals surface area (Å²) in [4.78, 5) is 30.7. The van der Waals surface area contributed by atoms with Crippen LogP contribution in [-0.2, 0) is 0 Å². The molecule has 3 N–H and O–H groups in total. The first-order chi connectivity index (χ1) is 19.9. The molecule has 2 fully saturated rings. The lowest BCUT2D eigenvalue weighted by molar-refractivity contribution is 0.0928. The van der Waals surface area contributed by atoms with Crippen molar-refractivity contribution < 1.29 is 23.1 Å². The summed E-state index contributed by atoms with van der Waals surface area (Å²) >= 11 is 0. The summed E-state index contributed by atoms with van der Waals surface area (Å²) in [6.45, 7) is 2.90. The number of carbonyl (C=O) groups excluding carboxylic acids is 2. The first-order valence-corrected chi connectivity index (χ1v) is 14.0. The number of hydrogen-bond donors (Lipinski definition) is 3. The van der Waals surface area contributed by atoms with Gasteiger partial charge in [0.25, 0.3) is 5.91 Å². The Labute approximate surface area is 238 Å². The number of ether oxygens (including phenoxy) is 1. The predicted octanol–water partition coefficient (Wildman–Crippen LogP) is 6.01. The van der Waals surface area contributed by atoms with Crippen LogP contribution in [0.5, 0.6) is 5.75 Å². The van der Waals surface area contributed by atoms with E-state index in [4.69, 9.17) is 4.74 Å². The number of anilines is 4. The van der Waals surface area contributed by atoms with Crippen LogP contribution in [0.1, 0.15) is 42.5 Å². The SMILES string of the molecule is COc1ccccc1N1CCN(c2ccc(NC(=O)Nc3ccc(F)c(F)c3)cc2C(=O)NC2CCCCC2)CC1. The van der Waals surface area contributed by atoms with Crippen LogP contribution in [0.3, 0.4) is 0 Å². The lowest BCUT2D eigenvalue weighted by Gasteiger charge is -2.38. The van der Waals surface area contributed by atoms with Crippen LogP contribution >= 0.6 is 0 Å². The van der Waals surface area contributed by atoms with Gasteiger partial charge in [0.2, 0.25) is 0 Å². The van der Waals surface area contributed by atoms with Crippen LogP contribution in [0.25, 0.3) is 0 Å². The van der Waals surface area contributed by atoms with Gasteiger partial charge in [0.1, 0.15) is 5.75 Å². The molecule has 0 radical (unpaired) electrons. The van der Waals surface area contributed by atoms with E-state index in [2.05, 4.69) is 25.8 Å². The van der Waals surface area contributed by atoms with Crippen molar-refractivity contribution in [3.63, 3.8) is 0 Å². The van der Waals surface area contributed by atoms with E-state index in [-0.39, 0.29) is 17.6 Å². The zero-order valence-corrected chi connectivity index (χ0v) is 23.1. The smallest absolute Gasteiger partial charge is 0.323 e. The molecule has 1 saturated heterocycles. The van der Waals surface area contributed by atoms with Crippen molar-refractivity contribution in [2.24, 2.45) is 0 Å². The molecule has 3 amide bonds. The van der Waals surface area contributed by atoms with E-state index < -0.39 is 17.7 Å². The topological polar surface area (TPSA) is 85.9 Å². The molecule has 1 aliphatic carbocycles. The zero-order chi connectivity index (χ0) is 28.8. The first-order valence-electron chi connectivity index (χ1n) is 14.0. The summed E-state index contributed by atoms with van der Waals surface area (Å²) < 4.78 is 32.4. The van der Waals surface area contributed by atoms with Gasteiger partial charge in [-0.25, -0.2) is 13.6 Å². The third-order valence-electron chi connectivity index (χ3n) is 7.66. The maximum atomic E-state index is 13.6. The molecule has 3 aromatic carbocycles. The van der Waals surface area contributed by atoms with Gasteiger partial charge in [-0.1, -0.05) is 31.4 Å². The van der Waals surface area contributed by atoms with Gasteiger partial charge in [-0.15, -0.1) is 0 Å². The van der Waals surface area contributed by atoms with Crippen LogP contribution in [0.15, 0.2) is 60.7 Å². The van der Waals surface area contributed by atoms with E-state index in [1.165, 1.54) is 12.5 Å². The van der Waals surface area contributed by atoms with Gasteiger partial charge < -0.3 is 30.5 Å². The molecule has 0 unspecified atom stereocenters. The minimum atomic E-state index is -1.06. The first kappa shape index (κ1) is 28.2. The molecule has 216 valence electrons. The molecule has 1 aliphatic heterocycles. The number of benzene rings is 3. The van der Waals surface area contributed by atoms with E-state index in [1.807, 2.05) is 30.3 Å². The standard InChI is InChI=1S/C31H35F2N5O3/c1-41-29-10-6-5-9-28(29)38-17-15-37(16-18-38)27-14-12-22(19-24(27)30(39)34-21-7-3-2-4-8-21)35-31(40)36-23-11-13-25(32)26(33)20-23/h5-6,9-14,19-21H,2-4,7-8,15-18H2,1H3,(H,34,39)(H2,35,36,40). The normalized spacial score (nSPS) is 15.8. The molecular weight excluding hydrogens is 528 g/mol. The highest BCUT2D eigenvalue weighted by atomic mass is 19.2. The molecule has 0 bridgehead atoms. The van der Waals surface area contributed by atoms with Crippen LogP contribution in [0, 0.1) is 11.6 Å². The number of halogens is 2. The van der Waals surface area contributed by atoms with Crippen LogP contribution in [0.2, 0.25) is 0 Å². The fourth-order valence-electron chi connectivity index (χ4n) is 5.53. The third kappa shape index (κ3) is 6.87. The highest BCUT2D eigenvalue weighted by Gasteiger charge is 2.25. The lowest BCUT2D eigenvalue weighted by Crippen LogP contribution is -2.47. The van der Waals surface area contributed by atoms with E-state index in [1.54, 1.807) is 19.2 Å². The largest absolute Gasteiger partial charge is 0.495 e. The Bertz CT molecular complexity index is 1390. The molecule has 0 atom stereocenters. The Morgan fingerprint density at radius 3 is 2.10 bits per heavy atom. The molecule has 1 heterocycles. The second kappa shape index (κ2) is 12.9. The van der Waals surface area contributed by atoms with Crippen LogP contribution in [0.4, 0.5) is 36.3 Å². The lowest BCUT2D eigenvalue weighted by atomic mass is 9.95. The molecule has 41 heavy (non-hydrogen) atoms. The number of para-hydroxylation sites is 2. The zero-order valence-electron chi connectivity index (χ0n) is 23.1. The fourth-order valence-corrected chi connectivity index (χ4v) is 5.53. The molecular formula is C31H35F2N5O3. The Hall–Kier alpha value is -4.34. The van der Waals surface area contributed by atoms with Gasteiger partial charge in [-0.3, -0.25) is 4.79 Å². The van der Waals surface area contributed by atoms with Crippen LogP contribution < -0.4 is 30.5 Å². The van der Waals surface area contributed by atoms with Gasteiger partial charge in [0.15, 0.2) is 11.6 Å². The summed E-state index contributed by atoms with van der Waals surface area (Å²) in [6, 6.07) is 15.8. The van der Waals surface area contributed by atoms with E-state index in [0.717, 1.165) is 68.0 Å². The number of methoxy groups -OCH3 is 1. The Kier molecular flexibility index (Phi) is 8.86. The monoisotopic (exact) mass is 563 g/mol. The number of carbonyl (C=O) groups is 2. The molecule has 10 heteroatoms. The van der Waals surface area contributed by atoms with E-state index in [0.29, 0.717) is 24.3 Å². The minimum Gasteiger partial charge on any atom is -0.495 e. The van der Waals surface area contributed by atoms with Gasteiger partial charge in [-0.05, 0) is 55.3 Å². The molecule has 0 spiro atoms. The van der Waals surface area contributed by atoms with Gasteiger partial charge >= 0.3 is 6.03 Å². The minimum absolute atomic E-state index is 0.112. The molecule has 2 aliphatic rings. The summed E-state index contributed by atoms with van der Waals surface area (Å²) in [5, 5.41) is 8.40. The average Bonchev–Trinajstić information content (AvgIpc) is 2.99. The Balaban J connectivity index is 1.33. The highest BCUT2D eigenvalue weighted by molar-refractivity contribution is 6.04. The average molecular weight is 564 g/mol. The van der Waals surface area contributed by atoms with Crippen molar-refractivity contribution in [3.05, 3.63) is 77.9 Å². The van der Waals surface area contributed by atoms with Crippen molar-refractivity contribution in [2.75, 3.05) is 53.7 Å². The quantitative estimate of drug-likeness (QED) is 0.328. The number of nitrogens with zero attached hydrogens (tertiary/aromatic N) is 2.